The van der Waals surface area contributed by atoms with Gasteiger partial charge in [-0.2, -0.15) is 4.31 Å². The number of halogens is 1. The van der Waals surface area contributed by atoms with Crippen LogP contribution < -0.4 is 5.73 Å². The highest BCUT2D eigenvalue weighted by molar-refractivity contribution is 7.89. The molecular formula is C14H23FN2O3S. The maximum atomic E-state index is 13.8. The average molecular weight is 318 g/mol. The number of hydrogen-bond donors (Lipinski definition) is 1. The van der Waals surface area contributed by atoms with E-state index in [9.17, 15) is 12.8 Å². The Balaban J connectivity index is 3.04. The molecule has 120 valence electrons. The van der Waals surface area contributed by atoms with Gasteiger partial charge in [0.2, 0.25) is 10.0 Å². The van der Waals surface area contributed by atoms with Crippen LogP contribution in [-0.2, 0) is 21.3 Å². The van der Waals surface area contributed by atoms with Crippen LogP contribution in [0.25, 0.3) is 0 Å². The zero-order valence-corrected chi connectivity index (χ0v) is 13.7. The monoisotopic (exact) mass is 318 g/mol. The minimum absolute atomic E-state index is 0.0286. The van der Waals surface area contributed by atoms with Gasteiger partial charge in [-0.25, -0.2) is 12.8 Å². The Kier molecular flexibility index (Phi) is 6.27. The minimum Gasteiger partial charge on any atom is -0.377 e. The molecule has 0 radical (unpaired) electrons. The zero-order valence-electron chi connectivity index (χ0n) is 12.9. The summed E-state index contributed by atoms with van der Waals surface area (Å²) in [6, 6.07) is 2.68. The molecule has 0 saturated carbocycles. The third-order valence-corrected chi connectivity index (χ3v) is 5.12. The van der Waals surface area contributed by atoms with E-state index in [0.29, 0.717) is 5.56 Å². The van der Waals surface area contributed by atoms with Gasteiger partial charge in [-0.3, -0.25) is 0 Å². The Labute approximate surface area is 125 Å². The van der Waals surface area contributed by atoms with Crippen molar-refractivity contribution in [3.05, 3.63) is 29.1 Å². The lowest BCUT2D eigenvalue weighted by molar-refractivity contribution is 0.0737. The van der Waals surface area contributed by atoms with E-state index < -0.39 is 15.8 Å². The van der Waals surface area contributed by atoms with Gasteiger partial charge < -0.3 is 10.5 Å². The van der Waals surface area contributed by atoms with Gasteiger partial charge in [-0.05, 0) is 38.5 Å². The standard InChI is InChI=1S/C14H23FN2O3S/c1-10(2)20-6-5-17(4)21(18,19)14-8-12(9-16)7-13(15)11(14)3/h7-8,10H,5-6,9,16H2,1-4H3. The van der Waals surface area contributed by atoms with Crippen LogP contribution in [0.4, 0.5) is 4.39 Å². The molecule has 0 aromatic heterocycles. The molecule has 2 N–H and O–H groups in total. The van der Waals surface area contributed by atoms with Crippen molar-refractivity contribution in [2.75, 3.05) is 20.2 Å². The molecule has 0 unspecified atom stereocenters. The molecule has 0 bridgehead atoms. The summed E-state index contributed by atoms with van der Waals surface area (Å²) in [6.07, 6.45) is 0.0286. The summed E-state index contributed by atoms with van der Waals surface area (Å²) in [4.78, 5) is -0.0463. The number of nitrogens with zero attached hydrogens (tertiary/aromatic N) is 1. The van der Waals surface area contributed by atoms with Crippen molar-refractivity contribution in [3.63, 3.8) is 0 Å². The fourth-order valence-corrected chi connectivity index (χ4v) is 3.23. The minimum atomic E-state index is -3.76. The van der Waals surface area contributed by atoms with Crippen molar-refractivity contribution in [2.24, 2.45) is 5.73 Å². The van der Waals surface area contributed by atoms with Gasteiger partial charge in [0.15, 0.2) is 0 Å². The van der Waals surface area contributed by atoms with Gasteiger partial charge >= 0.3 is 0 Å². The second-order valence-corrected chi connectivity index (χ2v) is 7.16. The van der Waals surface area contributed by atoms with E-state index in [2.05, 4.69) is 0 Å². The summed E-state index contributed by atoms with van der Waals surface area (Å²) in [6.45, 7) is 5.76. The van der Waals surface area contributed by atoms with Gasteiger partial charge in [0, 0.05) is 25.7 Å². The SMILES string of the molecule is Cc1c(F)cc(CN)cc1S(=O)(=O)N(C)CCOC(C)C. The Hall–Kier alpha value is -1.02. The molecular weight excluding hydrogens is 295 g/mol. The summed E-state index contributed by atoms with van der Waals surface area (Å²) in [5, 5.41) is 0. The first-order valence-electron chi connectivity index (χ1n) is 6.77. The van der Waals surface area contributed by atoms with Crippen LogP contribution in [0.1, 0.15) is 25.0 Å². The smallest absolute Gasteiger partial charge is 0.243 e. The fraction of sp³-hybridized carbons (Fsp3) is 0.571. The average Bonchev–Trinajstić information content (AvgIpc) is 2.40. The largest absolute Gasteiger partial charge is 0.377 e. The van der Waals surface area contributed by atoms with Crippen LogP contribution in [0.2, 0.25) is 0 Å². The fourth-order valence-electron chi connectivity index (χ4n) is 1.80. The number of rotatable bonds is 7. The molecule has 0 aliphatic heterocycles. The van der Waals surface area contributed by atoms with Gasteiger partial charge in [0.05, 0.1) is 17.6 Å². The van der Waals surface area contributed by atoms with E-state index in [1.807, 2.05) is 13.8 Å². The predicted molar refractivity (Wildman–Crippen MR) is 79.9 cm³/mol. The molecule has 0 atom stereocenters. The molecule has 1 aromatic carbocycles. The second kappa shape index (κ2) is 7.31. The van der Waals surface area contributed by atoms with Crippen LogP contribution in [0.3, 0.4) is 0 Å². The van der Waals surface area contributed by atoms with Crippen molar-refractivity contribution in [2.45, 2.75) is 38.3 Å². The van der Waals surface area contributed by atoms with Crippen molar-refractivity contribution in [1.82, 2.24) is 4.31 Å². The summed E-state index contributed by atoms with van der Waals surface area (Å²) in [7, 11) is -2.32. The zero-order chi connectivity index (χ0) is 16.2. The van der Waals surface area contributed by atoms with Crippen molar-refractivity contribution < 1.29 is 17.5 Å². The third-order valence-electron chi connectivity index (χ3n) is 3.14. The Morgan fingerprint density at radius 2 is 2.00 bits per heavy atom. The molecule has 1 aromatic rings. The van der Waals surface area contributed by atoms with E-state index in [4.69, 9.17) is 10.5 Å². The van der Waals surface area contributed by atoms with Crippen molar-refractivity contribution in [3.8, 4) is 0 Å². The van der Waals surface area contributed by atoms with Crippen LogP contribution in [0, 0.1) is 12.7 Å². The lowest BCUT2D eigenvalue weighted by atomic mass is 10.1. The number of benzene rings is 1. The molecule has 0 amide bonds. The Bertz CT molecular complexity index is 588. The maximum Gasteiger partial charge on any atom is 0.243 e. The Morgan fingerprint density at radius 3 is 2.52 bits per heavy atom. The first-order valence-corrected chi connectivity index (χ1v) is 8.21. The third kappa shape index (κ3) is 4.47. The summed E-state index contributed by atoms with van der Waals surface area (Å²) < 4.78 is 45.3. The van der Waals surface area contributed by atoms with E-state index >= 15 is 0 Å². The molecule has 5 nitrogen and oxygen atoms in total. The molecule has 0 saturated heterocycles. The lowest BCUT2D eigenvalue weighted by Gasteiger charge is -2.20. The molecule has 0 heterocycles. The van der Waals surface area contributed by atoms with Gasteiger partial charge in [-0.1, -0.05) is 0 Å². The van der Waals surface area contributed by atoms with Crippen molar-refractivity contribution in [1.29, 1.82) is 0 Å². The normalized spacial score (nSPS) is 12.4. The van der Waals surface area contributed by atoms with E-state index in [1.165, 1.54) is 26.1 Å². The van der Waals surface area contributed by atoms with Crippen LogP contribution >= 0.6 is 0 Å². The lowest BCUT2D eigenvalue weighted by Crippen LogP contribution is -2.31. The number of hydrogen-bond acceptors (Lipinski definition) is 4. The predicted octanol–water partition coefficient (Wildman–Crippen LogP) is 1.64. The Morgan fingerprint density at radius 1 is 1.38 bits per heavy atom. The summed E-state index contributed by atoms with van der Waals surface area (Å²) in [5.74, 6) is -0.566. The first kappa shape index (κ1) is 18.0. The quantitative estimate of drug-likeness (QED) is 0.829. The number of ether oxygens (including phenoxy) is 1. The first-order chi connectivity index (χ1) is 9.70. The number of likely N-dealkylation sites (N-methyl/N-ethyl adjacent to an activating group) is 1. The second-order valence-electron chi connectivity index (χ2n) is 5.15. The number of nitrogens with two attached hydrogens (primary N) is 1. The van der Waals surface area contributed by atoms with E-state index in [0.717, 1.165) is 4.31 Å². The van der Waals surface area contributed by atoms with Gasteiger partial charge in [0.1, 0.15) is 5.82 Å². The highest BCUT2D eigenvalue weighted by Crippen LogP contribution is 2.23. The summed E-state index contributed by atoms with van der Waals surface area (Å²) >= 11 is 0. The molecule has 7 heteroatoms. The van der Waals surface area contributed by atoms with Crippen LogP contribution in [0.15, 0.2) is 17.0 Å². The van der Waals surface area contributed by atoms with Gasteiger partial charge in [-0.15, -0.1) is 0 Å². The highest BCUT2D eigenvalue weighted by atomic mass is 32.2. The topological polar surface area (TPSA) is 72.6 Å². The van der Waals surface area contributed by atoms with Crippen molar-refractivity contribution >= 4 is 10.0 Å². The summed E-state index contributed by atoms with van der Waals surface area (Å²) in [5.41, 5.74) is 6.02. The highest BCUT2D eigenvalue weighted by Gasteiger charge is 2.24. The number of sulfonamides is 1. The molecule has 0 aliphatic carbocycles. The maximum absolute atomic E-state index is 13.8. The molecule has 0 spiro atoms. The van der Waals surface area contributed by atoms with E-state index in [-0.39, 0.29) is 36.3 Å². The molecule has 1 rings (SSSR count). The van der Waals surface area contributed by atoms with Crippen LogP contribution in [-0.4, -0.2) is 39.0 Å². The van der Waals surface area contributed by atoms with Crippen LogP contribution in [0.5, 0.6) is 0 Å². The molecule has 0 fully saturated rings. The van der Waals surface area contributed by atoms with E-state index in [1.54, 1.807) is 0 Å². The molecule has 21 heavy (non-hydrogen) atoms. The molecule has 0 aliphatic rings. The van der Waals surface area contributed by atoms with Gasteiger partial charge in [0.25, 0.3) is 0 Å².